The number of carbonyl (C=O) groups is 1. The third-order valence-corrected chi connectivity index (χ3v) is 3.10. The van der Waals surface area contributed by atoms with Gasteiger partial charge in [-0.1, -0.05) is 15.9 Å². The molecule has 18 heavy (non-hydrogen) atoms. The highest BCUT2D eigenvalue weighted by atomic mass is 79.9. The number of methoxy groups -OCH3 is 1. The zero-order valence-electron chi connectivity index (χ0n) is 11.0. The Kier molecular flexibility index (Phi) is 4.62. The van der Waals surface area contributed by atoms with E-state index in [-0.39, 0.29) is 0 Å². The van der Waals surface area contributed by atoms with Crippen LogP contribution in [0.3, 0.4) is 0 Å². The Morgan fingerprint density at radius 3 is 2.50 bits per heavy atom. The first-order valence-corrected chi connectivity index (χ1v) is 6.38. The Morgan fingerprint density at radius 1 is 1.44 bits per heavy atom. The summed E-state index contributed by atoms with van der Waals surface area (Å²) in [5.74, 6) is 0.689. The van der Waals surface area contributed by atoms with E-state index in [2.05, 4.69) is 15.9 Å². The molecule has 1 N–H and O–H groups in total. The molecule has 0 bridgehead atoms. The molecule has 1 rings (SSSR count). The molecule has 0 fully saturated rings. The first kappa shape index (κ1) is 14.8. The van der Waals surface area contributed by atoms with Gasteiger partial charge < -0.3 is 9.84 Å². The van der Waals surface area contributed by atoms with Crippen LogP contribution in [0.5, 0.6) is 5.75 Å². The van der Waals surface area contributed by atoms with Gasteiger partial charge in [-0.2, -0.15) is 0 Å². The predicted molar refractivity (Wildman–Crippen MR) is 74.0 cm³/mol. The SMILES string of the molecule is COc1ccc(Br)cc1CN(C(=O)O)C(C)(C)C. The lowest BCUT2D eigenvalue weighted by Crippen LogP contribution is -2.44. The molecule has 1 amide bonds. The summed E-state index contributed by atoms with van der Waals surface area (Å²) in [4.78, 5) is 12.7. The smallest absolute Gasteiger partial charge is 0.408 e. The van der Waals surface area contributed by atoms with Crippen molar-refractivity contribution in [2.45, 2.75) is 32.9 Å². The monoisotopic (exact) mass is 315 g/mol. The van der Waals surface area contributed by atoms with Gasteiger partial charge in [-0.25, -0.2) is 4.79 Å². The Morgan fingerprint density at radius 2 is 2.06 bits per heavy atom. The number of nitrogens with zero attached hydrogens (tertiary/aromatic N) is 1. The van der Waals surface area contributed by atoms with Crippen molar-refractivity contribution < 1.29 is 14.6 Å². The van der Waals surface area contributed by atoms with E-state index in [0.29, 0.717) is 12.3 Å². The zero-order valence-corrected chi connectivity index (χ0v) is 12.6. The number of ether oxygens (including phenoxy) is 1. The summed E-state index contributed by atoms with van der Waals surface area (Å²) in [7, 11) is 1.58. The largest absolute Gasteiger partial charge is 0.496 e. The van der Waals surface area contributed by atoms with Gasteiger partial charge in [-0.3, -0.25) is 4.90 Å². The maximum absolute atomic E-state index is 11.3. The fourth-order valence-electron chi connectivity index (χ4n) is 1.63. The average molecular weight is 316 g/mol. The quantitative estimate of drug-likeness (QED) is 0.924. The third kappa shape index (κ3) is 3.63. The molecule has 0 aromatic heterocycles. The molecule has 0 aliphatic rings. The molecule has 0 heterocycles. The summed E-state index contributed by atoms with van der Waals surface area (Å²) in [6.07, 6.45) is -0.940. The first-order chi connectivity index (χ1) is 8.25. The molecule has 0 radical (unpaired) electrons. The van der Waals surface area contributed by atoms with Crippen LogP contribution in [0.25, 0.3) is 0 Å². The zero-order chi connectivity index (χ0) is 13.9. The molecule has 0 aliphatic heterocycles. The van der Waals surface area contributed by atoms with Gasteiger partial charge in [0.05, 0.1) is 13.7 Å². The van der Waals surface area contributed by atoms with Gasteiger partial charge in [0, 0.05) is 15.6 Å². The van der Waals surface area contributed by atoms with E-state index in [4.69, 9.17) is 4.74 Å². The second-order valence-corrected chi connectivity index (χ2v) is 5.91. The molecule has 0 spiro atoms. The van der Waals surface area contributed by atoms with Gasteiger partial charge in [-0.15, -0.1) is 0 Å². The number of benzene rings is 1. The molecule has 0 saturated carbocycles. The average Bonchev–Trinajstić information content (AvgIpc) is 2.24. The normalized spacial score (nSPS) is 11.2. The molecule has 1 aromatic carbocycles. The third-order valence-electron chi connectivity index (χ3n) is 2.61. The van der Waals surface area contributed by atoms with Gasteiger partial charge in [0.25, 0.3) is 0 Å². The molecule has 0 saturated heterocycles. The van der Waals surface area contributed by atoms with Crippen molar-refractivity contribution in [2.24, 2.45) is 0 Å². The van der Waals surface area contributed by atoms with E-state index < -0.39 is 11.6 Å². The van der Waals surface area contributed by atoms with Crippen molar-refractivity contribution in [3.05, 3.63) is 28.2 Å². The van der Waals surface area contributed by atoms with E-state index in [9.17, 15) is 9.90 Å². The van der Waals surface area contributed by atoms with Gasteiger partial charge >= 0.3 is 6.09 Å². The summed E-state index contributed by atoms with van der Waals surface area (Å²) < 4.78 is 6.15. The highest BCUT2D eigenvalue weighted by molar-refractivity contribution is 9.10. The number of amides is 1. The first-order valence-electron chi connectivity index (χ1n) is 5.58. The van der Waals surface area contributed by atoms with Gasteiger partial charge in [0.15, 0.2) is 0 Å². The van der Waals surface area contributed by atoms with Crippen LogP contribution in [0, 0.1) is 0 Å². The van der Waals surface area contributed by atoms with Crippen molar-refractivity contribution in [1.82, 2.24) is 4.90 Å². The molecule has 0 unspecified atom stereocenters. The van der Waals surface area contributed by atoms with Crippen LogP contribution in [0.15, 0.2) is 22.7 Å². The van der Waals surface area contributed by atoms with Crippen LogP contribution in [0.1, 0.15) is 26.3 Å². The van der Waals surface area contributed by atoms with E-state index in [1.165, 1.54) is 4.90 Å². The van der Waals surface area contributed by atoms with E-state index >= 15 is 0 Å². The van der Waals surface area contributed by atoms with E-state index in [0.717, 1.165) is 10.0 Å². The van der Waals surface area contributed by atoms with Crippen molar-refractivity contribution in [3.63, 3.8) is 0 Å². The molecule has 4 nitrogen and oxygen atoms in total. The molecule has 5 heteroatoms. The van der Waals surface area contributed by atoms with E-state index in [1.807, 2.05) is 39.0 Å². The number of rotatable bonds is 3. The molecule has 1 aromatic rings. The summed E-state index contributed by atoms with van der Waals surface area (Å²) in [5.41, 5.74) is 0.378. The molecular weight excluding hydrogens is 298 g/mol. The number of hydrogen-bond acceptors (Lipinski definition) is 2. The van der Waals surface area contributed by atoms with Crippen LogP contribution in [0.2, 0.25) is 0 Å². The lowest BCUT2D eigenvalue weighted by Gasteiger charge is -2.33. The Balaban J connectivity index is 3.08. The van der Waals surface area contributed by atoms with Crippen LogP contribution >= 0.6 is 15.9 Å². The highest BCUT2D eigenvalue weighted by Gasteiger charge is 2.27. The molecular formula is C13H18BrNO3. The van der Waals surface area contributed by atoms with Gasteiger partial charge in [0.2, 0.25) is 0 Å². The summed E-state index contributed by atoms with van der Waals surface area (Å²) in [6.45, 7) is 5.89. The topological polar surface area (TPSA) is 49.8 Å². The maximum Gasteiger partial charge on any atom is 0.408 e. The van der Waals surface area contributed by atoms with Crippen molar-refractivity contribution >= 4 is 22.0 Å². The van der Waals surface area contributed by atoms with Crippen molar-refractivity contribution in [1.29, 1.82) is 0 Å². The van der Waals surface area contributed by atoms with E-state index in [1.54, 1.807) is 7.11 Å². The standard InChI is InChI=1S/C13H18BrNO3/c1-13(2,3)15(12(16)17)8-9-7-10(14)5-6-11(9)18-4/h5-7H,8H2,1-4H3,(H,16,17). The van der Waals surface area contributed by atoms with Gasteiger partial charge in [0.1, 0.15) is 5.75 Å². The Bertz CT molecular complexity index is 440. The minimum absolute atomic E-state index is 0.293. The lowest BCUT2D eigenvalue weighted by atomic mass is 10.0. The van der Waals surface area contributed by atoms with Crippen LogP contribution in [-0.2, 0) is 6.54 Å². The minimum atomic E-state index is -0.940. The number of halogens is 1. The van der Waals surface area contributed by atoms with Crippen molar-refractivity contribution in [2.75, 3.05) is 7.11 Å². The van der Waals surface area contributed by atoms with Gasteiger partial charge in [-0.05, 0) is 39.0 Å². The summed E-state index contributed by atoms with van der Waals surface area (Å²) >= 11 is 3.38. The van der Waals surface area contributed by atoms with Crippen LogP contribution < -0.4 is 4.74 Å². The fourth-order valence-corrected chi connectivity index (χ4v) is 2.04. The predicted octanol–water partition coefficient (Wildman–Crippen LogP) is 3.74. The summed E-state index contributed by atoms with van der Waals surface area (Å²) in [5, 5.41) is 9.28. The number of carboxylic acid groups (broad SMARTS) is 1. The Labute approximate surface area is 116 Å². The highest BCUT2D eigenvalue weighted by Crippen LogP contribution is 2.27. The molecule has 0 atom stereocenters. The second kappa shape index (κ2) is 5.61. The molecule has 100 valence electrons. The second-order valence-electron chi connectivity index (χ2n) is 5.00. The van der Waals surface area contributed by atoms with Crippen LogP contribution in [0.4, 0.5) is 4.79 Å². The minimum Gasteiger partial charge on any atom is -0.496 e. The van der Waals surface area contributed by atoms with Crippen molar-refractivity contribution in [3.8, 4) is 5.75 Å². The number of hydrogen-bond donors (Lipinski definition) is 1. The fraction of sp³-hybridized carbons (Fsp3) is 0.462. The Hall–Kier alpha value is -1.23. The van der Waals surface area contributed by atoms with Crippen LogP contribution in [-0.4, -0.2) is 28.7 Å². The maximum atomic E-state index is 11.3. The lowest BCUT2D eigenvalue weighted by molar-refractivity contribution is 0.0950. The summed E-state index contributed by atoms with van der Waals surface area (Å²) in [6, 6.07) is 5.56. The molecule has 0 aliphatic carbocycles.